The Morgan fingerprint density at radius 3 is 2.58 bits per heavy atom. The standard InChI is InChI=1S/C14H23N3O2/c1-10-7-6-8-12(15-10)16-13(19)17(5)11(9-18)14(2,3)4/h6-8,11,18H,9H2,1-5H3,(H,15,16,19). The molecule has 1 aromatic rings. The molecule has 5 heteroatoms. The molecule has 0 bridgehead atoms. The van der Waals surface area contributed by atoms with E-state index in [1.165, 1.54) is 4.90 Å². The van der Waals surface area contributed by atoms with Crippen molar-refractivity contribution in [3.05, 3.63) is 23.9 Å². The average molecular weight is 265 g/mol. The van der Waals surface area contributed by atoms with E-state index in [9.17, 15) is 9.90 Å². The third-order valence-electron chi connectivity index (χ3n) is 3.08. The summed E-state index contributed by atoms with van der Waals surface area (Å²) in [6.07, 6.45) is 0. The molecule has 1 heterocycles. The third kappa shape index (κ3) is 4.21. The number of amides is 2. The predicted octanol–water partition coefficient (Wildman–Crippen LogP) is 2.26. The molecule has 0 aliphatic rings. The summed E-state index contributed by atoms with van der Waals surface area (Å²) in [6.45, 7) is 7.76. The highest BCUT2D eigenvalue weighted by Gasteiger charge is 2.30. The van der Waals surface area contributed by atoms with Crippen molar-refractivity contribution in [2.45, 2.75) is 33.7 Å². The number of nitrogens with zero attached hydrogens (tertiary/aromatic N) is 2. The number of rotatable bonds is 3. The SMILES string of the molecule is Cc1cccc(NC(=O)N(C)C(CO)C(C)(C)C)n1. The van der Waals surface area contributed by atoms with Crippen LogP contribution < -0.4 is 5.32 Å². The van der Waals surface area contributed by atoms with Crippen LogP contribution in [0.1, 0.15) is 26.5 Å². The van der Waals surface area contributed by atoms with Crippen LogP contribution in [0, 0.1) is 12.3 Å². The van der Waals surface area contributed by atoms with Gasteiger partial charge in [0.15, 0.2) is 0 Å². The summed E-state index contributed by atoms with van der Waals surface area (Å²) in [5.74, 6) is 0.516. The summed E-state index contributed by atoms with van der Waals surface area (Å²) >= 11 is 0. The zero-order chi connectivity index (χ0) is 14.6. The molecule has 0 aromatic carbocycles. The Hall–Kier alpha value is -1.62. The van der Waals surface area contributed by atoms with Gasteiger partial charge in [0.2, 0.25) is 0 Å². The number of aryl methyl sites for hydroxylation is 1. The Morgan fingerprint density at radius 2 is 2.11 bits per heavy atom. The first-order chi connectivity index (χ1) is 8.75. The van der Waals surface area contributed by atoms with Crippen LogP contribution >= 0.6 is 0 Å². The molecular weight excluding hydrogens is 242 g/mol. The molecule has 0 saturated carbocycles. The molecule has 0 spiro atoms. The van der Waals surface area contributed by atoms with Crippen molar-refractivity contribution in [1.29, 1.82) is 0 Å². The lowest BCUT2D eigenvalue weighted by molar-refractivity contribution is 0.0885. The second-order valence-electron chi connectivity index (χ2n) is 5.77. The fraction of sp³-hybridized carbons (Fsp3) is 0.571. The number of hydrogen-bond acceptors (Lipinski definition) is 3. The van der Waals surface area contributed by atoms with Crippen LogP contribution in [0.25, 0.3) is 0 Å². The van der Waals surface area contributed by atoms with Crippen LogP contribution in [0.4, 0.5) is 10.6 Å². The lowest BCUT2D eigenvalue weighted by Gasteiger charge is -2.36. The lowest BCUT2D eigenvalue weighted by Crippen LogP contribution is -2.49. The van der Waals surface area contributed by atoms with Crippen LogP contribution in [0.3, 0.4) is 0 Å². The van der Waals surface area contributed by atoms with Gasteiger partial charge in [0.25, 0.3) is 0 Å². The van der Waals surface area contributed by atoms with Gasteiger partial charge in [0.1, 0.15) is 5.82 Å². The molecular formula is C14H23N3O2. The Balaban J connectivity index is 2.77. The second-order valence-corrected chi connectivity index (χ2v) is 5.77. The molecule has 0 aliphatic carbocycles. The predicted molar refractivity (Wildman–Crippen MR) is 76.1 cm³/mol. The van der Waals surface area contributed by atoms with Gasteiger partial charge >= 0.3 is 6.03 Å². The summed E-state index contributed by atoms with van der Waals surface area (Å²) in [6, 6.07) is 4.92. The van der Waals surface area contributed by atoms with Gasteiger partial charge in [0.05, 0.1) is 12.6 Å². The van der Waals surface area contributed by atoms with Crippen LogP contribution in [0.2, 0.25) is 0 Å². The normalized spacial score (nSPS) is 12.9. The number of urea groups is 1. The van der Waals surface area contributed by atoms with Crippen molar-refractivity contribution >= 4 is 11.8 Å². The van der Waals surface area contributed by atoms with E-state index in [1.807, 2.05) is 39.8 Å². The maximum atomic E-state index is 12.1. The van der Waals surface area contributed by atoms with Gasteiger partial charge in [0, 0.05) is 12.7 Å². The van der Waals surface area contributed by atoms with Gasteiger partial charge < -0.3 is 10.0 Å². The number of carbonyl (C=O) groups is 1. The van der Waals surface area contributed by atoms with E-state index in [1.54, 1.807) is 13.1 Å². The number of nitrogens with one attached hydrogen (secondary N) is 1. The number of hydrogen-bond donors (Lipinski definition) is 2. The minimum absolute atomic E-state index is 0.0747. The highest BCUT2D eigenvalue weighted by molar-refractivity contribution is 5.88. The van der Waals surface area contributed by atoms with E-state index >= 15 is 0 Å². The Labute approximate surface area is 114 Å². The van der Waals surface area contributed by atoms with Crippen molar-refractivity contribution in [1.82, 2.24) is 9.88 Å². The van der Waals surface area contributed by atoms with Crippen LogP contribution in [-0.2, 0) is 0 Å². The summed E-state index contributed by atoms with van der Waals surface area (Å²) in [5.41, 5.74) is 0.649. The van der Waals surface area contributed by atoms with Gasteiger partial charge in [-0.3, -0.25) is 5.32 Å². The fourth-order valence-electron chi connectivity index (χ4n) is 1.93. The molecule has 2 N–H and O–H groups in total. The van der Waals surface area contributed by atoms with Crippen LogP contribution in [0.5, 0.6) is 0 Å². The largest absolute Gasteiger partial charge is 0.394 e. The quantitative estimate of drug-likeness (QED) is 0.881. The lowest BCUT2D eigenvalue weighted by atomic mass is 9.86. The highest BCUT2D eigenvalue weighted by Crippen LogP contribution is 2.23. The van der Waals surface area contributed by atoms with Gasteiger partial charge in [-0.2, -0.15) is 0 Å². The number of anilines is 1. The zero-order valence-electron chi connectivity index (χ0n) is 12.3. The van der Waals surface area contributed by atoms with Gasteiger partial charge in [-0.15, -0.1) is 0 Å². The molecule has 1 unspecified atom stereocenters. The number of aliphatic hydroxyl groups is 1. The molecule has 19 heavy (non-hydrogen) atoms. The van der Waals surface area contributed by atoms with E-state index < -0.39 is 0 Å². The number of pyridine rings is 1. The Morgan fingerprint density at radius 1 is 1.47 bits per heavy atom. The topological polar surface area (TPSA) is 65.5 Å². The smallest absolute Gasteiger partial charge is 0.323 e. The minimum Gasteiger partial charge on any atom is -0.394 e. The average Bonchev–Trinajstić information content (AvgIpc) is 2.27. The number of carbonyl (C=O) groups excluding carboxylic acids is 1. The molecule has 0 saturated heterocycles. The highest BCUT2D eigenvalue weighted by atomic mass is 16.3. The van der Waals surface area contributed by atoms with Crippen molar-refractivity contribution < 1.29 is 9.90 Å². The monoisotopic (exact) mass is 265 g/mol. The molecule has 0 fully saturated rings. The van der Waals surface area contributed by atoms with E-state index in [0.717, 1.165) is 5.69 Å². The summed E-state index contributed by atoms with van der Waals surface area (Å²) < 4.78 is 0. The van der Waals surface area contributed by atoms with Crippen molar-refractivity contribution in [3.8, 4) is 0 Å². The summed E-state index contributed by atoms with van der Waals surface area (Å²) in [4.78, 5) is 17.9. The van der Waals surface area contributed by atoms with Gasteiger partial charge in [-0.25, -0.2) is 9.78 Å². The molecule has 2 amide bonds. The summed E-state index contributed by atoms with van der Waals surface area (Å²) in [7, 11) is 1.68. The minimum atomic E-state index is -0.271. The second kappa shape index (κ2) is 6.02. The number of aliphatic hydroxyl groups excluding tert-OH is 1. The third-order valence-corrected chi connectivity index (χ3v) is 3.08. The molecule has 0 aliphatic heterocycles. The van der Waals surface area contributed by atoms with E-state index in [4.69, 9.17) is 0 Å². The van der Waals surface area contributed by atoms with E-state index in [0.29, 0.717) is 5.82 Å². The first-order valence-corrected chi connectivity index (χ1v) is 6.34. The molecule has 0 radical (unpaired) electrons. The number of likely N-dealkylation sites (N-methyl/N-ethyl adjacent to an activating group) is 1. The summed E-state index contributed by atoms with van der Waals surface area (Å²) in [5, 5.41) is 12.2. The van der Waals surface area contributed by atoms with E-state index in [2.05, 4.69) is 10.3 Å². The van der Waals surface area contributed by atoms with Crippen molar-refractivity contribution in [2.75, 3.05) is 19.0 Å². The van der Waals surface area contributed by atoms with Crippen LogP contribution in [0.15, 0.2) is 18.2 Å². The van der Waals surface area contributed by atoms with E-state index in [-0.39, 0.29) is 24.1 Å². The molecule has 1 rings (SSSR count). The maximum absolute atomic E-state index is 12.1. The number of aromatic nitrogens is 1. The molecule has 1 aromatic heterocycles. The molecule has 1 atom stereocenters. The van der Waals surface area contributed by atoms with Crippen molar-refractivity contribution in [3.63, 3.8) is 0 Å². The fourth-order valence-corrected chi connectivity index (χ4v) is 1.93. The van der Waals surface area contributed by atoms with Gasteiger partial charge in [-0.05, 0) is 24.5 Å². The zero-order valence-corrected chi connectivity index (χ0v) is 12.3. The Bertz CT molecular complexity index is 441. The first-order valence-electron chi connectivity index (χ1n) is 6.34. The maximum Gasteiger partial charge on any atom is 0.323 e. The van der Waals surface area contributed by atoms with Crippen LogP contribution in [-0.4, -0.2) is 40.7 Å². The molecule has 5 nitrogen and oxygen atoms in total. The Kier molecular flexibility index (Phi) is 4.89. The molecule has 106 valence electrons. The van der Waals surface area contributed by atoms with Gasteiger partial charge in [-0.1, -0.05) is 26.8 Å². The first kappa shape index (κ1) is 15.4. The van der Waals surface area contributed by atoms with Crippen molar-refractivity contribution in [2.24, 2.45) is 5.41 Å².